The van der Waals surface area contributed by atoms with Crippen molar-refractivity contribution in [1.82, 2.24) is 0 Å². The predicted molar refractivity (Wildman–Crippen MR) is 139 cm³/mol. The van der Waals surface area contributed by atoms with Crippen molar-refractivity contribution in [3.8, 4) is 6.07 Å². The fourth-order valence-electron chi connectivity index (χ4n) is 4.75. The van der Waals surface area contributed by atoms with Gasteiger partial charge in [-0.25, -0.2) is 0 Å². The van der Waals surface area contributed by atoms with Crippen LogP contribution in [0, 0.1) is 23.2 Å². The van der Waals surface area contributed by atoms with Gasteiger partial charge in [-0.2, -0.15) is 5.26 Å². The summed E-state index contributed by atoms with van der Waals surface area (Å²) in [6.07, 6.45) is 0.675. The maximum absolute atomic E-state index is 13.5. The molecule has 8 heteroatoms. The van der Waals surface area contributed by atoms with E-state index in [0.717, 1.165) is 0 Å². The summed E-state index contributed by atoms with van der Waals surface area (Å²) in [4.78, 5) is 26.7. The minimum atomic E-state index is -1.55. The summed E-state index contributed by atoms with van der Waals surface area (Å²) in [5, 5.41) is 11.2. The van der Waals surface area contributed by atoms with E-state index in [0.29, 0.717) is 26.7 Å². The Kier molecular flexibility index (Phi) is 7.99. The lowest BCUT2D eigenvalue weighted by Crippen LogP contribution is -2.41. The number of allylic oxidation sites excluding steroid dienone is 1. The molecule has 0 radical (unpaired) electrons. The average Bonchev–Trinajstić information content (AvgIpc) is 3.28. The Morgan fingerprint density at radius 3 is 2.00 bits per heavy atom. The number of benzene rings is 3. The number of carbonyl (C=O) groups is 2. The Balaban J connectivity index is 2.02. The molecule has 1 heterocycles. The highest BCUT2D eigenvalue weighted by molar-refractivity contribution is 6.30. The maximum Gasteiger partial charge on any atom is 0.313 e. The van der Waals surface area contributed by atoms with Crippen LogP contribution in [0.1, 0.15) is 22.8 Å². The molecule has 4 rings (SSSR count). The Bertz CT molecular complexity index is 1350. The molecule has 0 saturated carbocycles. The van der Waals surface area contributed by atoms with E-state index in [9.17, 15) is 14.9 Å². The van der Waals surface area contributed by atoms with Gasteiger partial charge in [-0.3, -0.25) is 9.59 Å². The van der Waals surface area contributed by atoms with E-state index in [-0.39, 0.29) is 5.57 Å². The van der Waals surface area contributed by atoms with Crippen LogP contribution in [0.4, 0.5) is 0 Å². The number of esters is 2. The third kappa shape index (κ3) is 5.12. The fraction of sp³-hybridized carbons (Fsp3) is 0.207. The van der Waals surface area contributed by atoms with Crippen LogP contribution in [0.3, 0.4) is 0 Å². The molecule has 37 heavy (non-hydrogen) atoms. The van der Waals surface area contributed by atoms with Gasteiger partial charge in [0.15, 0.2) is 0 Å². The number of ether oxygens (including phenoxy) is 3. The standard InChI is InChI=1S/C29H23Cl2NO5/c1-35-27(33)24-25(28(34)36-2)29(21-6-4-3-5-7-21,37-26(24)19-10-14-23(31)15-11-19)16-20(17-32)18-8-12-22(30)13-9-18/h3-16,24-26H,1-2H3/b20-16+/t24-,25+,26+,29+/m0/s1. The number of methoxy groups -OCH3 is 2. The molecule has 4 atom stereocenters. The van der Waals surface area contributed by atoms with Crippen molar-refractivity contribution in [2.24, 2.45) is 11.8 Å². The monoisotopic (exact) mass is 535 g/mol. The van der Waals surface area contributed by atoms with Gasteiger partial charge in [-0.1, -0.05) is 77.8 Å². The molecule has 6 nitrogen and oxygen atoms in total. The third-order valence-corrected chi connectivity index (χ3v) is 6.96. The summed E-state index contributed by atoms with van der Waals surface area (Å²) in [7, 11) is 2.50. The second kappa shape index (κ2) is 11.2. The second-order valence-corrected chi connectivity index (χ2v) is 9.35. The maximum atomic E-state index is 13.5. The number of rotatable bonds is 6. The summed E-state index contributed by atoms with van der Waals surface area (Å²) >= 11 is 12.2. The van der Waals surface area contributed by atoms with E-state index in [1.807, 2.05) is 6.07 Å². The van der Waals surface area contributed by atoms with E-state index < -0.39 is 35.5 Å². The van der Waals surface area contributed by atoms with E-state index in [4.69, 9.17) is 37.4 Å². The first-order valence-electron chi connectivity index (χ1n) is 11.4. The van der Waals surface area contributed by atoms with Crippen LogP contribution in [0.5, 0.6) is 0 Å². The molecule has 1 saturated heterocycles. The first-order chi connectivity index (χ1) is 17.8. The van der Waals surface area contributed by atoms with Crippen LogP contribution in [-0.4, -0.2) is 26.2 Å². The van der Waals surface area contributed by atoms with Crippen LogP contribution < -0.4 is 0 Å². The molecule has 1 aliphatic heterocycles. The Morgan fingerprint density at radius 2 is 1.46 bits per heavy atom. The van der Waals surface area contributed by atoms with Crippen molar-refractivity contribution in [1.29, 1.82) is 5.26 Å². The zero-order valence-electron chi connectivity index (χ0n) is 20.1. The molecule has 0 spiro atoms. The largest absolute Gasteiger partial charge is 0.469 e. The molecule has 0 aromatic heterocycles. The van der Waals surface area contributed by atoms with Crippen LogP contribution >= 0.6 is 23.2 Å². The number of halogens is 2. The lowest BCUT2D eigenvalue weighted by molar-refractivity contribution is -0.158. The number of nitriles is 1. The lowest BCUT2D eigenvalue weighted by atomic mass is 9.73. The third-order valence-electron chi connectivity index (χ3n) is 6.46. The smallest absolute Gasteiger partial charge is 0.313 e. The zero-order valence-corrected chi connectivity index (χ0v) is 21.6. The van der Waals surface area contributed by atoms with Gasteiger partial charge in [0.1, 0.15) is 17.4 Å². The Hall–Kier alpha value is -3.63. The second-order valence-electron chi connectivity index (χ2n) is 8.48. The fourth-order valence-corrected chi connectivity index (χ4v) is 5.00. The number of carbonyl (C=O) groups excluding carboxylic acids is 2. The predicted octanol–water partition coefficient (Wildman–Crippen LogP) is 6.15. The first-order valence-corrected chi connectivity index (χ1v) is 12.1. The van der Waals surface area contributed by atoms with Crippen LogP contribution in [0.15, 0.2) is 84.9 Å². The van der Waals surface area contributed by atoms with Gasteiger partial charge in [0.05, 0.1) is 32.0 Å². The summed E-state index contributed by atoms with van der Waals surface area (Å²) in [5.41, 5.74) is 0.429. The average molecular weight is 536 g/mol. The van der Waals surface area contributed by atoms with Crippen LogP contribution in [0.25, 0.3) is 5.57 Å². The van der Waals surface area contributed by atoms with Crippen molar-refractivity contribution in [3.05, 3.63) is 112 Å². The molecule has 0 N–H and O–H groups in total. The van der Waals surface area contributed by atoms with Gasteiger partial charge >= 0.3 is 11.9 Å². The SMILES string of the molecule is COC(=O)[C@@H]1[C@@H](c2ccc(Cl)cc2)O[C@](/C=C(\C#N)c2ccc(Cl)cc2)(c2ccccc2)[C@H]1C(=O)OC. The molecule has 0 unspecified atom stereocenters. The molecular weight excluding hydrogens is 513 g/mol. The molecule has 0 aliphatic carbocycles. The minimum absolute atomic E-state index is 0.231. The molecule has 3 aromatic carbocycles. The van der Waals surface area contributed by atoms with Crippen molar-refractivity contribution in [3.63, 3.8) is 0 Å². The van der Waals surface area contributed by atoms with Crippen LogP contribution in [-0.2, 0) is 29.4 Å². The van der Waals surface area contributed by atoms with E-state index in [1.54, 1.807) is 78.9 Å². The highest BCUT2D eigenvalue weighted by Gasteiger charge is 2.62. The molecule has 188 valence electrons. The van der Waals surface area contributed by atoms with E-state index in [2.05, 4.69) is 6.07 Å². The van der Waals surface area contributed by atoms with Crippen molar-refractivity contribution < 1.29 is 23.8 Å². The van der Waals surface area contributed by atoms with Gasteiger partial charge < -0.3 is 14.2 Å². The molecule has 0 bridgehead atoms. The summed E-state index contributed by atoms with van der Waals surface area (Å²) in [5.74, 6) is -3.59. The minimum Gasteiger partial charge on any atom is -0.469 e. The first kappa shape index (κ1) is 26.4. The highest BCUT2D eigenvalue weighted by atomic mass is 35.5. The van der Waals surface area contributed by atoms with Crippen molar-refractivity contribution >= 4 is 40.7 Å². The topological polar surface area (TPSA) is 85.6 Å². The number of hydrogen-bond donors (Lipinski definition) is 0. The number of nitrogens with zero attached hydrogens (tertiary/aromatic N) is 1. The lowest BCUT2D eigenvalue weighted by Gasteiger charge is -2.32. The van der Waals surface area contributed by atoms with E-state index in [1.165, 1.54) is 14.2 Å². The quantitative estimate of drug-likeness (QED) is 0.278. The molecule has 3 aromatic rings. The molecular formula is C29H23Cl2NO5. The Labute approximate surface area is 225 Å². The van der Waals surface area contributed by atoms with Crippen LogP contribution in [0.2, 0.25) is 10.0 Å². The van der Waals surface area contributed by atoms with Crippen molar-refractivity contribution in [2.45, 2.75) is 11.7 Å². The summed E-state index contributed by atoms with van der Waals surface area (Å²) < 4.78 is 17.0. The molecule has 1 aliphatic rings. The zero-order chi connectivity index (χ0) is 26.6. The van der Waals surface area contributed by atoms with Gasteiger partial charge in [-0.15, -0.1) is 0 Å². The van der Waals surface area contributed by atoms with E-state index >= 15 is 0 Å². The van der Waals surface area contributed by atoms with Crippen molar-refractivity contribution in [2.75, 3.05) is 14.2 Å². The van der Waals surface area contributed by atoms with Gasteiger partial charge in [-0.05, 0) is 47.0 Å². The Morgan fingerprint density at radius 1 is 0.892 bits per heavy atom. The van der Waals surface area contributed by atoms with Gasteiger partial charge in [0, 0.05) is 10.0 Å². The summed E-state index contributed by atoms with van der Waals surface area (Å²) in [6.45, 7) is 0. The van der Waals surface area contributed by atoms with Gasteiger partial charge in [0.2, 0.25) is 0 Å². The highest BCUT2D eigenvalue weighted by Crippen LogP contribution is 2.56. The molecule has 1 fully saturated rings. The normalized spacial score (nSPS) is 23.2. The van der Waals surface area contributed by atoms with Gasteiger partial charge in [0.25, 0.3) is 0 Å². The number of hydrogen-bond acceptors (Lipinski definition) is 6. The summed E-state index contributed by atoms with van der Waals surface area (Å²) in [6, 6.07) is 24.7. The molecule has 0 amide bonds.